The molecule has 7 heteroatoms. The molecule has 1 N–H and O–H groups in total. The summed E-state index contributed by atoms with van der Waals surface area (Å²) in [6.07, 6.45) is 5.84. The van der Waals surface area contributed by atoms with Crippen LogP contribution in [0.25, 0.3) is 11.6 Å². The average molecular weight is 373 g/mol. The van der Waals surface area contributed by atoms with Gasteiger partial charge in [0.2, 0.25) is 5.88 Å². The molecule has 0 radical (unpaired) electrons. The molecular weight excluding hydrogens is 356 g/mol. The van der Waals surface area contributed by atoms with E-state index in [0.717, 1.165) is 29.7 Å². The summed E-state index contributed by atoms with van der Waals surface area (Å²) in [5.74, 6) is -0.873. The number of aromatic hydroxyl groups is 1. The number of hydrogen-bond donors (Lipinski definition) is 1. The van der Waals surface area contributed by atoms with Crippen molar-refractivity contribution in [1.82, 2.24) is 4.57 Å². The molecule has 0 spiro atoms. The van der Waals surface area contributed by atoms with E-state index < -0.39 is 5.97 Å². The second-order valence-corrected chi connectivity index (χ2v) is 7.44. The second-order valence-electron chi connectivity index (χ2n) is 5.77. The fourth-order valence-corrected chi connectivity index (χ4v) is 4.03. The molecule has 2 aromatic rings. The third-order valence-corrected chi connectivity index (χ3v) is 5.39. The fraction of sp³-hybridized carbons (Fsp3) is 0.278. The summed E-state index contributed by atoms with van der Waals surface area (Å²) in [5, 5.41) is 20.9. The molecular formula is C18H17N2O3S2-. The molecule has 25 heavy (non-hydrogen) atoms. The maximum absolute atomic E-state index is 10.5. The number of para-hydroxylation sites is 1. The van der Waals surface area contributed by atoms with Gasteiger partial charge in [0.15, 0.2) is 3.95 Å². The Morgan fingerprint density at radius 3 is 2.92 bits per heavy atom. The number of unbranched alkanes of at least 4 members (excludes halogenated alkanes) is 2. The monoisotopic (exact) mass is 373 g/mol. The largest absolute Gasteiger partial charge is 0.550 e. The van der Waals surface area contributed by atoms with Crippen molar-refractivity contribution in [3.05, 3.63) is 38.7 Å². The van der Waals surface area contributed by atoms with Crippen molar-refractivity contribution in [2.24, 2.45) is 4.99 Å². The number of hydrogen-bond acceptors (Lipinski definition) is 6. The number of thiazole rings is 1. The summed E-state index contributed by atoms with van der Waals surface area (Å²) >= 11 is 6.71. The van der Waals surface area contributed by atoms with Gasteiger partial charge in [0.25, 0.3) is 0 Å². The lowest BCUT2D eigenvalue weighted by atomic mass is 10.1. The smallest absolute Gasteiger partial charge is 0.210 e. The summed E-state index contributed by atoms with van der Waals surface area (Å²) < 4.78 is 2.30. The van der Waals surface area contributed by atoms with E-state index >= 15 is 0 Å². The SMILES string of the molecule is O=C([O-])CCCCCn1c(O)c(C=C2C=Nc3ccccc32)sc1=S. The van der Waals surface area contributed by atoms with Gasteiger partial charge in [-0.1, -0.05) is 24.6 Å². The number of aliphatic imine (C=N–C) groups is 1. The van der Waals surface area contributed by atoms with Crippen LogP contribution in [0.3, 0.4) is 0 Å². The van der Waals surface area contributed by atoms with Crippen LogP contribution in [0.2, 0.25) is 0 Å². The molecule has 0 saturated heterocycles. The van der Waals surface area contributed by atoms with E-state index in [1.165, 1.54) is 11.3 Å². The second kappa shape index (κ2) is 7.76. The first-order chi connectivity index (χ1) is 12.1. The van der Waals surface area contributed by atoms with Crippen molar-refractivity contribution >= 4 is 53.1 Å². The number of carbonyl (C=O) groups is 1. The highest BCUT2D eigenvalue weighted by Crippen LogP contribution is 2.35. The van der Waals surface area contributed by atoms with Crippen LogP contribution in [-0.2, 0) is 11.3 Å². The fourth-order valence-electron chi connectivity index (χ4n) is 2.72. The van der Waals surface area contributed by atoms with E-state index in [0.29, 0.717) is 21.8 Å². The zero-order valence-electron chi connectivity index (χ0n) is 13.5. The Morgan fingerprint density at radius 1 is 1.32 bits per heavy atom. The Bertz CT molecular complexity index is 909. The molecule has 1 aliphatic rings. The first-order valence-electron chi connectivity index (χ1n) is 8.04. The van der Waals surface area contributed by atoms with Gasteiger partial charge in [-0.3, -0.25) is 9.56 Å². The highest BCUT2D eigenvalue weighted by atomic mass is 32.1. The van der Waals surface area contributed by atoms with Gasteiger partial charge in [-0.15, -0.1) is 11.3 Å². The van der Waals surface area contributed by atoms with Crippen LogP contribution in [0.15, 0.2) is 29.3 Å². The number of benzene rings is 1. The van der Waals surface area contributed by atoms with Crippen molar-refractivity contribution in [2.75, 3.05) is 0 Å². The zero-order valence-corrected chi connectivity index (χ0v) is 15.1. The molecule has 3 rings (SSSR count). The predicted octanol–water partition coefficient (Wildman–Crippen LogP) is 3.55. The van der Waals surface area contributed by atoms with Crippen LogP contribution in [-0.4, -0.2) is 21.9 Å². The third kappa shape index (κ3) is 4.05. The van der Waals surface area contributed by atoms with Gasteiger partial charge in [0, 0.05) is 29.9 Å². The van der Waals surface area contributed by atoms with E-state index in [2.05, 4.69) is 4.99 Å². The third-order valence-electron chi connectivity index (χ3n) is 4.00. The molecule has 0 amide bonds. The average Bonchev–Trinajstić information content (AvgIpc) is 3.10. The molecule has 130 valence electrons. The van der Waals surface area contributed by atoms with Crippen LogP contribution < -0.4 is 5.11 Å². The summed E-state index contributed by atoms with van der Waals surface area (Å²) in [6, 6.07) is 7.85. The topological polar surface area (TPSA) is 77.6 Å². The van der Waals surface area contributed by atoms with Gasteiger partial charge in [0.05, 0.1) is 10.6 Å². The van der Waals surface area contributed by atoms with Crippen LogP contribution >= 0.6 is 23.6 Å². The van der Waals surface area contributed by atoms with E-state index in [1.54, 1.807) is 10.8 Å². The first-order valence-corrected chi connectivity index (χ1v) is 9.26. The zero-order chi connectivity index (χ0) is 17.8. The molecule has 0 atom stereocenters. The lowest BCUT2D eigenvalue weighted by Crippen LogP contribution is -2.21. The number of aliphatic carboxylic acids is 1. The Kier molecular flexibility index (Phi) is 5.45. The molecule has 0 unspecified atom stereocenters. The van der Waals surface area contributed by atoms with E-state index in [1.807, 2.05) is 30.3 Å². The molecule has 1 aromatic carbocycles. The number of fused-ring (bicyclic) bond motifs is 1. The number of aromatic nitrogens is 1. The normalized spacial score (nSPS) is 14.2. The van der Waals surface area contributed by atoms with Gasteiger partial charge in [-0.25, -0.2) is 0 Å². The Morgan fingerprint density at radius 2 is 2.12 bits per heavy atom. The molecule has 0 saturated carbocycles. The standard InChI is InChI=1S/C18H18N2O3S2/c21-16(22)8-2-1-5-9-20-17(23)15(25-18(20)24)10-12-11-19-14-7-4-3-6-13(12)14/h3-4,6-7,10-11,23H,1-2,5,8-9H2,(H,21,22)/p-1. The summed E-state index contributed by atoms with van der Waals surface area (Å²) in [5.41, 5.74) is 2.91. The van der Waals surface area contributed by atoms with E-state index in [-0.39, 0.29) is 12.3 Å². The van der Waals surface area contributed by atoms with Crippen LogP contribution in [0.5, 0.6) is 5.88 Å². The first kappa shape index (κ1) is 17.6. The number of carbonyl (C=O) groups excluding carboxylic acids is 1. The molecule has 5 nitrogen and oxygen atoms in total. The summed E-state index contributed by atoms with van der Waals surface area (Å²) in [6.45, 7) is 0.571. The molecule has 0 bridgehead atoms. The lowest BCUT2D eigenvalue weighted by Gasteiger charge is -2.05. The number of nitrogens with zero attached hydrogens (tertiary/aromatic N) is 2. The maximum Gasteiger partial charge on any atom is 0.210 e. The molecule has 1 aromatic heterocycles. The van der Waals surface area contributed by atoms with Gasteiger partial charge < -0.3 is 15.0 Å². The van der Waals surface area contributed by atoms with Crippen molar-refractivity contribution < 1.29 is 15.0 Å². The quantitative estimate of drug-likeness (QED) is 0.595. The highest BCUT2D eigenvalue weighted by molar-refractivity contribution is 7.73. The number of carboxylic acid groups (broad SMARTS) is 1. The van der Waals surface area contributed by atoms with Gasteiger partial charge in [-0.05, 0) is 43.6 Å². The molecule has 0 fully saturated rings. The summed E-state index contributed by atoms with van der Waals surface area (Å²) in [7, 11) is 0. The Labute approximate surface area is 154 Å². The van der Waals surface area contributed by atoms with Gasteiger partial charge in [0.1, 0.15) is 0 Å². The lowest BCUT2D eigenvalue weighted by molar-refractivity contribution is -0.305. The Balaban J connectivity index is 1.73. The van der Waals surface area contributed by atoms with Crippen molar-refractivity contribution in [1.29, 1.82) is 0 Å². The molecule has 1 aliphatic heterocycles. The number of rotatable bonds is 7. The number of carboxylic acids is 1. The van der Waals surface area contributed by atoms with Crippen LogP contribution in [0.1, 0.15) is 36.1 Å². The van der Waals surface area contributed by atoms with Gasteiger partial charge in [-0.2, -0.15) is 0 Å². The van der Waals surface area contributed by atoms with Crippen LogP contribution in [0, 0.1) is 3.95 Å². The minimum absolute atomic E-state index is 0.0666. The van der Waals surface area contributed by atoms with E-state index in [9.17, 15) is 15.0 Å². The molecule has 0 aliphatic carbocycles. The predicted molar refractivity (Wildman–Crippen MR) is 101 cm³/mol. The minimum atomic E-state index is -1.03. The molecule has 2 heterocycles. The van der Waals surface area contributed by atoms with E-state index in [4.69, 9.17) is 12.2 Å². The van der Waals surface area contributed by atoms with Gasteiger partial charge >= 0.3 is 0 Å². The van der Waals surface area contributed by atoms with Crippen molar-refractivity contribution in [3.63, 3.8) is 0 Å². The maximum atomic E-state index is 10.5. The Hall–Kier alpha value is -2.25. The van der Waals surface area contributed by atoms with Crippen molar-refractivity contribution in [3.8, 4) is 5.88 Å². The highest BCUT2D eigenvalue weighted by Gasteiger charge is 2.15. The van der Waals surface area contributed by atoms with Crippen molar-refractivity contribution in [2.45, 2.75) is 32.2 Å². The minimum Gasteiger partial charge on any atom is -0.550 e. The van der Waals surface area contributed by atoms with Crippen LogP contribution in [0.4, 0.5) is 5.69 Å². The summed E-state index contributed by atoms with van der Waals surface area (Å²) in [4.78, 5) is 15.5. The number of allylic oxidation sites excluding steroid dienone is 1.